The molecule has 1 aliphatic heterocycles. The van der Waals surface area contributed by atoms with Crippen LogP contribution in [-0.2, 0) is 16.7 Å². The van der Waals surface area contributed by atoms with E-state index in [4.69, 9.17) is 4.74 Å². The number of halogens is 1. The molecule has 0 radical (unpaired) electrons. The van der Waals surface area contributed by atoms with E-state index in [0.29, 0.717) is 0 Å². The molecule has 0 unspecified atom stereocenters. The highest BCUT2D eigenvalue weighted by Crippen LogP contribution is 2.57. The predicted octanol–water partition coefficient (Wildman–Crippen LogP) is 4.58. The van der Waals surface area contributed by atoms with Crippen molar-refractivity contribution in [1.29, 1.82) is 0 Å². The van der Waals surface area contributed by atoms with Gasteiger partial charge in [-0.3, -0.25) is 0 Å². The minimum atomic E-state index is -0.248. The zero-order valence-corrected chi connectivity index (χ0v) is 20.6. The highest BCUT2D eigenvalue weighted by atomic mass is 79.9. The normalized spacial score (nSPS) is 24.8. The number of nitrogens with one attached hydrogen (secondary N) is 1. The Bertz CT molecular complexity index is 1100. The molecule has 1 saturated carbocycles. The first-order valence-corrected chi connectivity index (χ1v) is 12.1. The first kappa shape index (κ1) is 21.7. The number of tetrazole rings is 1. The van der Waals surface area contributed by atoms with Crippen LogP contribution in [0.1, 0.15) is 47.3 Å². The van der Waals surface area contributed by atoms with E-state index < -0.39 is 0 Å². The molecule has 2 aliphatic rings. The predicted molar refractivity (Wildman–Crippen MR) is 128 cm³/mol. The summed E-state index contributed by atoms with van der Waals surface area (Å²) in [5, 5.41) is 17.0. The van der Waals surface area contributed by atoms with Crippen LogP contribution >= 0.6 is 15.9 Å². The first-order chi connectivity index (χ1) is 15.4. The minimum Gasteiger partial charge on any atom is -0.381 e. The minimum absolute atomic E-state index is 0.245. The van der Waals surface area contributed by atoms with E-state index in [-0.39, 0.29) is 11.0 Å². The molecule has 0 amide bonds. The maximum absolute atomic E-state index is 5.78. The van der Waals surface area contributed by atoms with Gasteiger partial charge >= 0.3 is 0 Å². The lowest BCUT2D eigenvalue weighted by Gasteiger charge is -2.53. The summed E-state index contributed by atoms with van der Waals surface area (Å²) in [5.74, 6) is 0.914. The van der Waals surface area contributed by atoms with Gasteiger partial charge in [-0.05, 0) is 79.6 Å². The molecule has 1 saturated heterocycles. The lowest BCUT2D eigenvalue weighted by molar-refractivity contribution is -0.0170. The largest absolute Gasteiger partial charge is 0.381 e. The molecular weight excluding hydrogens is 466 g/mol. The van der Waals surface area contributed by atoms with Gasteiger partial charge in [-0.25, -0.2) is 0 Å². The van der Waals surface area contributed by atoms with Gasteiger partial charge in [0, 0.05) is 23.0 Å². The number of hydrogen-bond donors (Lipinski definition) is 1. The Morgan fingerprint density at radius 2 is 1.88 bits per heavy atom. The van der Waals surface area contributed by atoms with Crippen LogP contribution in [0, 0.1) is 26.2 Å². The van der Waals surface area contributed by atoms with Gasteiger partial charge in [0.15, 0.2) is 5.82 Å². The zero-order chi connectivity index (χ0) is 22.3. The lowest BCUT2D eigenvalue weighted by Crippen LogP contribution is -2.60. The van der Waals surface area contributed by atoms with Crippen molar-refractivity contribution >= 4 is 15.9 Å². The number of rotatable bonds is 6. The summed E-state index contributed by atoms with van der Waals surface area (Å²) in [6, 6.07) is 12.8. The third-order valence-corrected chi connectivity index (χ3v) is 7.87. The summed E-state index contributed by atoms with van der Waals surface area (Å²) in [6.45, 7) is 8.96. The van der Waals surface area contributed by atoms with Crippen LogP contribution in [0.25, 0.3) is 5.69 Å². The number of ether oxygens (including phenoxy) is 1. The Balaban J connectivity index is 1.47. The molecule has 32 heavy (non-hydrogen) atoms. The Morgan fingerprint density at radius 3 is 2.56 bits per heavy atom. The van der Waals surface area contributed by atoms with Crippen LogP contribution in [0.5, 0.6) is 0 Å². The molecule has 2 heterocycles. The number of hydrogen-bond acceptors (Lipinski definition) is 5. The maximum Gasteiger partial charge on any atom is 0.176 e. The van der Waals surface area contributed by atoms with Crippen LogP contribution in [0.15, 0.2) is 40.9 Å². The average molecular weight is 496 g/mol. The van der Waals surface area contributed by atoms with Crippen LogP contribution < -0.4 is 5.32 Å². The van der Waals surface area contributed by atoms with Crippen molar-refractivity contribution in [2.45, 2.75) is 52.0 Å². The average Bonchev–Trinajstić information content (AvgIpc) is 3.38. The van der Waals surface area contributed by atoms with Gasteiger partial charge in [0.25, 0.3) is 0 Å². The summed E-state index contributed by atoms with van der Waals surface area (Å²) >= 11 is 3.68. The highest BCUT2D eigenvalue weighted by Gasteiger charge is 2.59. The highest BCUT2D eigenvalue weighted by molar-refractivity contribution is 9.10. The van der Waals surface area contributed by atoms with Crippen LogP contribution in [0.2, 0.25) is 0 Å². The van der Waals surface area contributed by atoms with Gasteiger partial charge < -0.3 is 10.1 Å². The molecular formula is C25H30BrN5O. The maximum atomic E-state index is 5.78. The van der Waals surface area contributed by atoms with Gasteiger partial charge in [-0.2, -0.15) is 4.68 Å². The van der Waals surface area contributed by atoms with Gasteiger partial charge in [0.2, 0.25) is 0 Å². The van der Waals surface area contributed by atoms with E-state index in [0.717, 1.165) is 61.4 Å². The molecule has 2 fully saturated rings. The van der Waals surface area contributed by atoms with E-state index in [1.165, 1.54) is 22.3 Å². The Labute approximate surface area is 197 Å². The second-order valence-corrected chi connectivity index (χ2v) is 10.5. The summed E-state index contributed by atoms with van der Waals surface area (Å²) in [7, 11) is 0. The Kier molecular flexibility index (Phi) is 5.68. The number of benzene rings is 2. The molecule has 1 N–H and O–H groups in total. The molecule has 1 aliphatic carbocycles. The fourth-order valence-corrected chi connectivity index (χ4v) is 6.28. The molecule has 1 spiro atoms. The molecule has 1 aromatic heterocycles. The van der Waals surface area contributed by atoms with Crippen LogP contribution in [0.3, 0.4) is 0 Å². The summed E-state index contributed by atoms with van der Waals surface area (Å²) < 4.78 is 8.90. The fraction of sp³-hybridized carbons (Fsp3) is 0.480. The van der Waals surface area contributed by atoms with Crippen molar-refractivity contribution in [1.82, 2.24) is 25.5 Å². The Morgan fingerprint density at radius 1 is 1.12 bits per heavy atom. The van der Waals surface area contributed by atoms with Crippen molar-refractivity contribution < 1.29 is 4.74 Å². The second kappa shape index (κ2) is 8.36. The second-order valence-electron chi connectivity index (χ2n) is 9.67. The number of aryl methyl sites for hydroxylation is 3. The smallest absolute Gasteiger partial charge is 0.176 e. The fourth-order valence-electron chi connectivity index (χ4n) is 5.80. The molecule has 3 aromatic rings. The van der Waals surface area contributed by atoms with E-state index in [9.17, 15) is 0 Å². The summed E-state index contributed by atoms with van der Waals surface area (Å²) in [6.07, 6.45) is 4.06. The lowest BCUT2D eigenvalue weighted by atomic mass is 9.56. The molecule has 7 heteroatoms. The van der Waals surface area contributed by atoms with E-state index in [2.05, 4.69) is 93.9 Å². The third-order valence-electron chi connectivity index (χ3n) is 7.10. The Hall–Kier alpha value is -2.09. The van der Waals surface area contributed by atoms with Crippen molar-refractivity contribution in [3.05, 3.63) is 68.9 Å². The third kappa shape index (κ3) is 3.80. The molecule has 2 aromatic carbocycles. The van der Waals surface area contributed by atoms with E-state index >= 15 is 0 Å². The van der Waals surface area contributed by atoms with Crippen LogP contribution in [0.4, 0.5) is 0 Å². The van der Waals surface area contributed by atoms with Gasteiger partial charge in [0.05, 0.1) is 17.8 Å². The monoisotopic (exact) mass is 495 g/mol. The van der Waals surface area contributed by atoms with Crippen molar-refractivity contribution in [2.24, 2.45) is 5.41 Å². The van der Waals surface area contributed by atoms with Gasteiger partial charge in [-0.1, -0.05) is 51.8 Å². The SMILES string of the molecule is Cc1cc(C)c(-n2nnnc2C2(NCCc3ccccc3Br)CC3(CCOC3)C2)c(C)c1. The number of nitrogens with zero attached hydrogens (tertiary/aromatic N) is 4. The van der Waals surface area contributed by atoms with E-state index in [1.54, 1.807) is 0 Å². The molecule has 168 valence electrons. The quantitative estimate of drug-likeness (QED) is 0.542. The van der Waals surface area contributed by atoms with Gasteiger partial charge in [0.1, 0.15) is 0 Å². The molecule has 5 rings (SSSR count). The molecule has 0 atom stereocenters. The molecule has 6 nitrogen and oxygen atoms in total. The first-order valence-electron chi connectivity index (χ1n) is 11.3. The summed E-state index contributed by atoms with van der Waals surface area (Å²) in [5.41, 5.74) is 6.03. The summed E-state index contributed by atoms with van der Waals surface area (Å²) in [4.78, 5) is 0. The van der Waals surface area contributed by atoms with E-state index in [1.807, 2.05) is 4.68 Å². The zero-order valence-electron chi connectivity index (χ0n) is 19.0. The van der Waals surface area contributed by atoms with Crippen molar-refractivity contribution in [2.75, 3.05) is 19.8 Å². The topological polar surface area (TPSA) is 64.9 Å². The van der Waals surface area contributed by atoms with Crippen molar-refractivity contribution in [3.63, 3.8) is 0 Å². The van der Waals surface area contributed by atoms with Crippen molar-refractivity contribution in [3.8, 4) is 5.69 Å². The van der Waals surface area contributed by atoms with Gasteiger partial charge in [-0.15, -0.1) is 5.10 Å². The standard InChI is InChI=1S/C25H30BrN5O/c1-17-12-18(2)22(19(3)13-17)31-23(28-29-30-31)25(14-24(15-25)9-11-32-16-24)27-10-8-20-6-4-5-7-21(20)26/h4-7,12-13,27H,8-11,14-16H2,1-3H3. The number of aromatic nitrogens is 4. The molecule has 0 bridgehead atoms. The van der Waals surface area contributed by atoms with Crippen LogP contribution in [-0.4, -0.2) is 40.0 Å².